The van der Waals surface area contributed by atoms with E-state index in [1.807, 2.05) is 6.92 Å². The smallest absolute Gasteiger partial charge is 0.270 e. The minimum atomic E-state index is -0.227. The SMILES string of the molecule is CCCn1c(Sc2nccnc2Cl)n[nH]c1=O. The van der Waals surface area contributed by atoms with Crippen LogP contribution < -0.4 is 5.69 Å². The third-order valence-electron chi connectivity index (χ3n) is 1.98. The maximum atomic E-state index is 11.5. The molecule has 0 bridgehead atoms. The molecule has 0 saturated heterocycles. The standard InChI is InChI=1S/C9H10ClN5OS/c1-2-5-15-8(16)13-14-9(15)17-7-6(10)11-3-4-12-7/h3-4H,2,5H2,1H3,(H,13,16). The van der Waals surface area contributed by atoms with Crippen molar-refractivity contribution in [1.29, 1.82) is 0 Å². The minimum absolute atomic E-state index is 0.227. The number of hydrogen-bond acceptors (Lipinski definition) is 5. The van der Waals surface area contributed by atoms with Crippen molar-refractivity contribution in [2.45, 2.75) is 30.1 Å². The monoisotopic (exact) mass is 271 g/mol. The van der Waals surface area contributed by atoms with Crippen LogP contribution in [0.5, 0.6) is 0 Å². The van der Waals surface area contributed by atoms with Crippen LogP contribution in [-0.2, 0) is 6.54 Å². The summed E-state index contributed by atoms with van der Waals surface area (Å²) in [7, 11) is 0. The molecule has 8 heteroatoms. The molecule has 1 N–H and O–H groups in total. The van der Waals surface area contributed by atoms with Crippen molar-refractivity contribution in [3.8, 4) is 0 Å². The number of aromatic nitrogens is 5. The Bertz CT molecular complexity index is 567. The zero-order valence-electron chi connectivity index (χ0n) is 9.05. The summed E-state index contributed by atoms with van der Waals surface area (Å²) >= 11 is 7.11. The molecule has 90 valence electrons. The van der Waals surface area contributed by atoms with Crippen molar-refractivity contribution < 1.29 is 0 Å². The summed E-state index contributed by atoms with van der Waals surface area (Å²) in [5, 5.41) is 7.72. The van der Waals surface area contributed by atoms with E-state index >= 15 is 0 Å². The molecular weight excluding hydrogens is 262 g/mol. The normalized spacial score (nSPS) is 10.7. The zero-order valence-corrected chi connectivity index (χ0v) is 10.6. The van der Waals surface area contributed by atoms with Gasteiger partial charge in [0.05, 0.1) is 0 Å². The van der Waals surface area contributed by atoms with Crippen LogP contribution in [0.15, 0.2) is 27.4 Å². The second-order valence-electron chi connectivity index (χ2n) is 3.22. The summed E-state index contributed by atoms with van der Waals surface area (Å²) in [6.07, 6.45) is 3.90. The molecule has 0 unspecified atom stereocenters. The fourth-order valence-corrected chi connectivity index (χ4v) is 2.29. The van der Waals surface area contributed by atoms with Crippen molar-refractivity contribution in [2.24, 2.45) is 0 Å². The second kappa shape index (κ2) is 5.33. The first-order valence-electron chi connectivity index (χ1n) is 5.02. The summed E-state index contributed by atoms with van der Waals surface area (Å²) in [6.45, 7) is 2.60. The van der Waals surface area contributed by atoms with Gasteiger partial charge in [0.2, 0.25) is 0 Å². The third kappa shape index (κ3) is 2.67. The van der Waals surface area contributed by atoms with E-state index in [1.165, 1.54) is 18.0 Å². The first-order chi connectivity index (χ1) is 8.22. The number of nitrogens with zero attached hydrogens (tertiary/aromatic N) is 4. The third-order valence-corrected chi connectivity index (χ3v) is 3.36. The van der Waals surface area contributed by atoms with Gasteiger partial charge < -0.3 is 0 Å². The van der Waals surface area contributed by atoms with Crippen molar-refractivity contribution in [1.82, 2.24) is 24.7 Å². The van der Waals surface area contributed by atoms with Gasteiger partial charge in [-0.15, -0.1) is 5.10 Å². The highest BCUT2D eigenvalue weighted by Gasteiger charge is 2.12. The Morgan fingerprint density at radius 2 is 2.24 bits per heavy atom. The van der Waals surface area contributed by atoms with Crippen molar-refractivity contribution >= 4 is 23.4 Å². The number of H-pyrrole nitrogens is 1. The Morgan fingerprint density at radius 1 is 1.47 bits per heavy atom. The summed E-state index contributed by atoms with van der Waals surface area (Å²) in [4.78, 5) is 19.5. The van der Waals surface area contributed by atoms with Crippen LogP contribution in [0, 0.1) is 0 Å². The highest BCUT2D eigenvalue weighted by molar-refractivity contribution is 7.99. The fourth-order valence-electron chi connectivity index (χ4n) is 1.27. The molecule has 0 aromatic carbocycles. The number of hydrogen-bond donors (Lipinski definition) is 1. The molecule has 0 atom stereocenters. The number of halogens is 1. The fraction of sp³-hybridized carbons (Fsp3) is 0.333. The Morgan fingerprint density at radius 3 is 2.94 bits per heavy atom. The second-order valence-corrected chi connectivity index (χ2v) is 4.53. The largest absolute Gasteiger partial charge is 0.343 e. The van der Waals surface area contributed by atoms with E-state index in [9.17, 15) is 4.79 Å². The first kappa shape index (κ1) is 12.1. The molecule has 0 spiro atoms. The van der Waals surface area contributed by atoms with E-state index in [1.54, 1.807) is 10.8 Å². The van der Waals surface area contributed by atoms with Gasteiger partial charge in [0, 0.05) is 18.9 Å². The van der Waals surface area contributed by atoms with Crippen LogP contribution >= 0.6 is 23.4 Å². The molecule has 0 radical (unpaired) electrons. The average molecular weight is 272 g/mol. The highest BCUT2D eigenvalue weighted by atomic mass is 35.5. The molecular formula is C9H10ClN5OS. The van der Waals surface area contributed by atoms with Crippen molar-refractivity contribution in [3.05, 3.63) is 28.0 Å². The van der Waals surface area contributed by atoms with E-state index in [2.05, 4.69) is 20.2 Å². The molecule has 0 fully saturated rings. The molecule has 2 aromatic heterocycles. The Balaban J connectivity index is 2.30. The highest BCUT2D eigenvalue weighted by Crippen LogP contribution is 2.27. The summed E-state index contributed by atoms with van der Waals surface area (Å²) in [5.74, 6) is 0. The van der Waals surface area contributed by atoms with E-state index in [0.717, 1.165) is 6.42 Å². The minimum Gasteiger partial charge on any atom is -0.270 e. The summed E-state index contributed by atoms with van der Waals surface area (Å²) in [5.41, 5.74) is -0.227. The van der Waals surface area contributed by atoms with Crippen molar-refractivity contribution in [3.63, 3.8) is 0 Å². The topological polar surface area (TPSA) is 76.5 Å². The number of rotatable bonds is 4. The molecule has 0 saturated carbocycles. The van der Waals surface area contributed by atoms with Gasteiger partial charge in [-0.25, -0.2) is 19.9 Å². The Kier molecular flexibility index (Phi) is 3.80. The molecule has 0 aliphatic carbocycles. The zero-order chi connectivity index (χ0) is 12.3. The summed E-state index contributed by atoms with van der Waals surface area (Å²) in [6, 6.07) is 0. The van der Waals surface area contributed by atoms with E-state index in [4.69, 9.17) is 11.6 Å². The first-order valence-corrected chi connectivity index (χ1v) is 6.21. The molecule has 2 heterocycles. The van der Waals surface area contributed by atoms with Crippen molar-refractivity contribution in [2.75, 3.05) is 0 Å². The van der Waals surface area contributed by atoms with Crippen LogP contribution in [-0.4, -0.2) is 24.7 Å². The number of aromatic amines is 1. The predicted molar refractivity (Wildman–Crippen MR) is 64.3 cm³/mol. The van der Waals surface area contributed by atoms with Crippen LogP contribution in [0.1, 0.15) is 13.3 Å². The quantitative estimate of drug-likeness (QED) is 0.913. The molecule has 6 nitrogen and oxygen atoms in total. The molecule has 2 rings (SSSR count). The molecule has 0 aliphatic rings. The van der Waals surface area contributed by atoms with Gasteiger partial charge >= 0.3 is 5.69 Å². The molecule has 2 aromatic rings. The van der Waals surface area contributed by atoms with Crippen LogP contribution in [0.3, 0.4) is 0 Å². The van der Waals surface area contributed by atoms with Gasteiger partial charge in [0.25, 0.3) is 0 Å². The van der Waals surface area contributed by atoms with E-state index in [-0.39, 0.29) is 5.69 Å². The van der Waals surface area contributed by atoms with Gasteiger partial charge in [0.1, 0.15) is 5.03 Å². The predicted octanol–water partition coefficient (Wildman–Crippen LogP) is 1.58. The molecule has 17 heavy (non-hydrogen) atoms. The maximum absolute atomic E-state index is 11.5. The van der Waals surface area contributed by atoms with Gasteiger partial charge in [-0.1, -0.05) is 18.5 Å². The lowest BCUT2D eigenvalue weighted by atomic mass is 10.5. The van der Waals surface area contributed by atoms with Crippen LogP contribution in [0.2, 0.25) is 5.15 Å². The lowest BCUT2D eigenvalue weighted by molar-refractivity contribution is 0.603. The van der Waals surface area contributed by atoms with Gasteiger partial charge in [0.15, 0.2) is 10.3 Å². The maximum Gasteiger partial charge on any atom is 0.343 e. The Labute approximate surface area is 106 Å². The Hall–Kier alpha value is -1.34. The van der Waals surface area contributed by atoms with E-state index < -0.39 is 0 Å². The van der Waals surface area contributed by atoms with Gasteiger partial charge in [-0.05, 0) is 18.2 Å². The average Bonchev–Trinajstić information content (AvgIpc) is 2.65. The van der Waals surface area contributed by atoms with E-state index in [0.29, 0.717) is 21.9 Å². The van der Waals surface area contributed by atoms with Crippen LogP contribution in [0.4, 0.5) is 0 Å². The van der Waals surface area contributed by atoms with Gasteiger partial charge in [-0.3, -0.25) is 4.57 Å². The lowest BCUT2D eigenvalue weighted by Gasteiger charge is -2.03. The number of nitrogens with one attached hydrogen (secondary N) is 1. The molecule has 0 amide bonds. The molecule has 0 aliphatic heterocycles. The summed E-state index contributed by atoms with van der Waals surface area (Å²) < 4.78 is 1.55. The van der Waals surface area contributed by atoms with Gasteiger partial charge in [-0.2, -0.15) is 0 Å². The lowest BCUT2D eigenvalue weighted by Crippen LogP contribution is -2.17. The van der Waals surface area contributed by atoms with Crippen LogP contribution in [0.25, 0.3) is 0 Å².